The van der Waals surface area contributed by atoms with Crippen LogP contribution in [0.4, 0.5) is 0 Å². The van der Waals surface area contributed by atoms with E-state index in [1.54, 1.807) is 14.2 Å². The lowest BCUT2D eigenvalue weighted by Crippen LogP contribution is -2.07. The van der Waals surface area contributed by atoms with Gasteiger partial charge in [0.15, 0.2) is 11.5 Å². The SMILES string of the molecule is COc1cccc(OC)c1OCCCOc1ncnc2ccccc12. The Morgan fingerprint density at radius 3 is 2.28 bits per heavy atom. The zero-order valence-corrected chi connectivity index (χ0v) is 14.3. The first-order valence-electron chi connectivity index (χ1n) is 8.00. The summed E-state index contributed by atoms with van der Waals surface area (Å²) in [5, 5.41) is 0.900. The number of methoxy groups -OCH3 is 2. The van der Waals surface area contributed by atoms with Crippen molar-refractivity contribution in [3.8, 4) is 23.1 Å². The first kappa shape index (κ1) is 16.8. The van der Waals surface area contributed by atoms with E-state index in [0.29, 0.717) is 42.8 Å². The van der Waals surface area contributed by atoms with Crippen molar-refractivity contribution in [1.82, 2.24) is 9.97 Å². The van der Waals surface area contributed by atoms with Crippen molar-refractivity contribution in [2.24, 2.45) is 0 Å². The summed E-state index contributed by atoms with van der Waals surface area (Å²) in [6.45, 7) is 0.957. The first-order chi connectivity index (χ1) is 12.3. The van der Waals surface area contributed by atoms with Crippen LogP contribution in [0.5, 0.6) is 23.1 Å². The van der Waals surface area contributed by atoms with Crippen molar-refractivity contribution in [3.63, 3.8) is 0 Å². The molecule has 0 unspecified atom stereocenters. The Bertz CT molecular complexity index is 811. The molecule has 6 heteroatoms. The van der Waals surface area contributed by atoms with Crippen LogP contribution in [-0.2, 0) is 0 Å². The quantitative estimate of drug-likeness (QED) is 0.585. The fourth-order valence-corrected chi connectivity index (χ4v) is 2.46. The Morgan fingerprint density at radius 1 is 0.800 bits per heavy atom. The number of hydrogen-bond donors (Lipinski definition) is 0. The summed E-state index contributed by atoms with van der Waals surface area (Å²) in [7, 11) is 3.20. The zero-order valence-electron chi connectivity index (χ0n) is 14.3. The molecule has 0 aliphatic carbocycles. The van der Waals surface area contributed by atoms with Gasteiger partial charge in [0.05, 0.1) is 38.3 Å². The highest BCUT2D eigenvalue weighted by Crippen LogP contribution is 2.36. The normalized spacial score (nSPS) is 10.5. The van der Waals surface area contributed by atoms with E-state index in [1.165, 1.54) is 6.33 Å². The number of aromatic nitrogens is 2. The van der Waals surface area contributed by atoms with Crippen LogP contribution in [0.1, 0.15) is 6.42 Å². The topological polar surface area (TPSA) is 62.7 Å². The molecule has 0 fully saturated rings. The second kappa shape index (κ2) is 8.19. The van der Waals surface area contributed by atoms with E-state index in [9.17, 15) is 0 Å². The molecule has 0 amide bonds. The molecule has 1 heterocycles. The van der Waals surface area contributed by atoms with Crippen molar-refractivity contribution < 1.29 is 18.9 Å². The third kappa shape index (κ3) is 3.91. The van der Waals surface area contributed by atoms with Crippen molar-refractivity contribution in [3.05, 3.63) is 48.8 Å². The van der Waals surface area contributed by atoms with Gasteiger partial charge >= 0.3 is 0 Å². The van der Waals surface area contributed by atoms with Crippen LogP contribution in [0, 0.1) is 0 Å². The molecule has 0 spiro atoms. The van der Waals surface area contributed by atoms with Crippen molar-refractivity contribution in [2.45, 2.75) is 6.42 Å². The highest BCUT2D eigenvalue weighted by atomic mass is 16.5. The maximum absolute atomic E-state index is 5.81. The van der Waals surface area contributed by atoms with Gasteiger partial charge in [0, 0.05) is 6.42 Å². The maximum atomic E-state index is 5.81. The molecule has 3 rings (SSSR count). The number of para-hydroxylation sites is 2. The standard InChI is InChI=1S/C19H20N2O4/c1-22-16-9-5-10-17(23-2)18(16)24-11-6-12-25-19-14-7-3-4-8-15(14)20-13-21-19/h3-5,7-10,13H,6,11-12H2,1-2H3. The number of nitrogens with zero attached hydrogens (tertiary/aromatic N) is 2. The summed E-state index contributed by atoms with van der Waals surface area (Å²) in [4.78, 5) is 8.42. The number of ether oxygens (including phenoxy) is 4. The average Bonchev–Trinajstić information content (AvgIpc) is 2.67. The molecule has 0 saturated carbocycles. The van der Waals surface area contributed by atoms with Gasteiger partial charge in [0.1, 0.15) is 6.33 Å². The van der Waals surface area contributed by atoms with Crippen LogP contribution in [0.25, 0.3) is 10.9 Å². The molecule has 3 aromatic rings. The molecule has 0 saturated heterocycles. The van der Waals surface area contributed by atoms with Crippen LogP contribution in [0.2, 0.25) is 0 Å². The molecule has 130 valence electrons. The summed E-state index contributed by atoms with van der Waals surface area (Å²) >= 11 is 0. The van der Waals surface area contributed by atoms with Crippen molar-refractivity contribution >= 4 is 10.9 Å². The van der Waals surface area contributed by atoms with Gasteiger partial charge < -0.3 is 18.9 Å². The Morgan fingerprint density at radius 2 is 1.52 bits per heavy atom. The van der Waals surface area contributed by atoms with E-state index in [2.05, 4.69) is 9.97 Å². The molecule has 25 heavy (non-hydrogen) atoms. The number of rotatable bonds is 8. The summed E-state index contributed by atoms with van der Waals surface area (Å²) in [6, 6.07) is 13.3. The van der Waals surface area contributed by atoms with Gasteiger partial charge in [0.25, 0.3) is 0 Å². The Labute approximate surface area is 146 Å². The third-order valence-corrected chi connectivity index (χ3v) is 3.66. The molecule has 2 aromatic carbocycles. The number of benzene rings is 2. The van der Waals surface area contributed by atoms with E-state index < -0.39 is 0 Å². The van der Waals surface area contributed by atoms with E-state index in [4.69, 9.17) is 18.9 Å². The predicted octanol–water partition coefficient (Wildman–Crippen LogP) is 3.49. The van der Waals surface area contributed by atoms with Crippen LogP contribution >= 0.6 is 0 Å². The monoisotopic (exact) mass is 340 g/mol. The molecule has 0 aliphatic rings. The molecular weight excluding hydrogens is 320 g/mol. The lowest BCUT2D eigenvalue weighted by atomic mass is 10.2. The lowest BCUT2D eigenvalue weighted by Gasteiger charge is -2.14. The van der Waals surface area contributed by atoms with E-state index in [1.807, 2.05) is 42.5 Å². The van der Waals surface area contributed by atoms with Crippen molar-refractivity contribution in [1.29, 1.82) is 0 Å². The highest BCUT2D eigenvalue weighted by Gasteiger charge is 2.11. The minimum atomic E-state index is 0.472. The summed E-state index contributed by atoms with van der Waals surface area (Å²) < 4.78 is 22.2. The van der Waals surface area contributed by atoms with Gasteiger partial charge in [-0.05, 0) is 24.3 Å². The largest absolute Gasteiger partial charge is 0.493 e. The maximum Gasteiger partial charge on any atom is 0.224 e. The molecule has 0 N–H and O–H groups in total. The van der Waals surface area contributed by atoms with Gasteiger partial charge in [-0.2, -0.15) is 0 Å². The number of fused-ring (bicyclic) bond motifs is 1. The minimum absolute atomic E-state index is 0.472. The Kier molecular flexibility index (Phi) is 5.51. The molecular formula is C19H20N2O4. The molecule has 6 nitrogen and oxygen atoms in total. The predicted molar refractivity (Wildman–Crippen MR) is 94.7 cm³/mol. The zero-order chi connectivity index (χ0) is 17.5. The van der Waals surface area contributed by atoms with Gasteiger partial charge in [0.2, 0.25) is 11.6 Å². The first-order valence-corrected chi connectivity index (χ1v) is 8.00. The second-order valence-electron chi connectivity index (χ2n) is 5.24. The molecule has 0 atom stereocenters. The summed E-state index contributed by atoms with van der Waals surface area (Å²) in [5.74, 6) is 2.46. The van der Waals surface area contributed by atoms with Crippen LogP contribution in [0.15, 0.2) is 48.8 Å². The third-order valence-electron chi connectivity index (χ3n) is 3.66. The van der Waals surface area contributed by atoms with Gasteiger partial charge in [-0.3, -0.25) is 0 Å². The van der Waals surface area contributed by atoms with E-state index in [0.717, 1.165) is 10.9 Å². The van der Waals surface area contributed by atoms with Gasteiger partial charge in [-0.1, -0.05) is 18.2 Å². The molecule has 1 aromatic heterocycles. The smallest absolute Gasteiger partial charge is 0.224 e. The van der Waals surface area contributed by atoms with Gasteiger partial charge in [-0.25, -0.2) is 9.97 Å². The fraction of sp³-hybridized carbons (Fsp3) is 0.263. The second-order valence-corrected chi connectivity index (χ2v) is 5.24. The minimum Gasteiger partial charge on any atom is -0.493 e. The summed E-state index contributed by atoms with van der Waals surface area (Å²) in [5.41, 5.74) is 0.863. The lowest BCUT2D eigenvalue weighted by molar-refractivity contribution is 0.230. The molecule has 0 aliphatic heterocycles. The van der Waals surface area contributed by atoms with Gasteiger partial charge in [-0.15, -0.1) is 0 Å². The van der Waals surface area contributed by atoms with E-state index in [-0.39, 0.29) is 0 Å². The van der Waals surface area contributed by atoms with Crippen LogP contribution < -0.4 is 18.9 Å². The highest BCUT2D eigenvalue weighted by molar-refractivity contribution is 5.82. The molecule has 0 bridgehead atoms. The van der Waals surface area contributed by atoms with Crippen LogP contribution in [0.3, 0.4) is 0 Å². The molecule has 0 radical (unpaired) electrons. The van der Waals surface area contributed by atoms with Crippen molar-refractivity contribution in [2.75, 3.05) is 27.4 Å². The average molecular weight is 340 g/mol. The number of hydrogen-bond acceptors (Lipinski definition) is 6. The van der Waals surface area contributed by atoms with E-state index >= 15 is 0 Å². The summed E-state index contributed by atoms with van der Waals surface area (Å²) in [6.07, 6.45) is 2.20. The fourth-order valence-electron chi connectivity index (χ4n) is 2.46. The Balaban J connectivity index is 1.56. The van der Waals surface area contributed by atoms with Crippen LogP contribution in [-0.4, -0.2) is 37.4 Å². The Hall–Kier alpha value is -3.02.